The molecule has 0 aliphatic carbocycles. The van der Waals surface area contributed by atoms with Crippen LogP contribution < -0.4 is 0 Å². The smallest absolute Gasteiger partial charge is 0.134 e. The van der Waals surface area contributed by atoms with Gasteiger partial charge in [-0.15, -0.1) is 0 Å². The SMILES string of the molecule is C[C@@H]1OCC=C[C@]1(O)c1ccccc1. The van der Waals surface area contributed by atoms with Crippen molar-refractivity contribution < 1.29 is 9.84 Å². The fourth-order valence-corrected chi connectivity index (χ4v) is 1.73. The molecule has 74 valence electrons. The molecule has 1 aliphatic heterocycles. The molecule has 2 rings (SSSR count). The van der Waals surface area contributed by atoms with Gasteiger partial charge in [0.05, 0.1) is 12.7 Å². The Morgan fingerprint density at radius 2 is 2.07 bits per heavy atom. The molecule has 14 heavy (non-hydrogen) atoms. The maximum absolute atomic E-state index is 10.4. The molecule has 1 N–H and O–H groups in total. The number of hydrogen-bond acceptors (Lipinski definition) is 2. The van der Waals surface area contributed by atoms with Crippen LogP contribution in [0, 0.1) is 0 Å². The van der Waals surface area contributed by atoms with Crippen molar-refractivity contribution in [2.24, 2.45) is 0 Å². The minimum absolute atomic E-state index is 0.199. The van der Waals surface area contributed by atoms with Crippen LogP contribution in [-0.2, 0) is 10.3 Å². The van der Waals surface area contributed by atoms with Crippen LogP contribution in [0.3, 0.4) is 0 Å². The lowest BCUT2D eigenvalue weighted by Crippen LogP contribution is -2.40. The fourth-order valence-electron chi connectivity index (χ4n) is 1.73. The van der Waals surface area contributed by atoms with E-state index < -0.39 is 5.60 Å². The Balaban J connectivity index is 2.40. The lowest BCUT2D eigenvalue weighted by atomic mass is 9.87. The van der Waals surface area contributed by atoms with Gasteiger partial charge in [0.15, 0.2) is 0 Å². The van der Waals surface area contributed by atoms with Crippen LogP contribution in [0.2, 0.25) is 0 Å². The van der Waals surface area contributed by atoms with E-state index in [0.717, 1.165) is 5.56 Å². The van der Waals surface area contributed by atoms with Crippen molar-refractivity contribution in [3.63, 3.8) is 0 Å². The summed E-state index contributed by atoms with van der Waals surface area (Å²) in [6, 6.07) is 9.60. The van der Waals surface area contributed by atoms with Gasteiger partial charge in [0.1, 0.15) is 5.60 Å². The summed E-state index contributed by atoms with van der Waals surface area (Å²) in [7, 11) is 0. The monoisotopic (exact) mass is 190 g/mol. The Morgan fingerprint density at radius 3 is 2.71 bits per heavy atom. The summed E-state index contributed by atoms with van der Waals surface area (Å²) in [5.41, 5.74) is -0.0945. The van der Waals surface area contributed by atoms with E-state index in [4.69, 9.17) is 4.74 Å². The Morgan fingerprint density at radius 1 is 1.36 bits per heavy atom. The van der Waals surface area contributed by atoms with Crippen molar-refractivity contribution in [1.82, 2.24) is 0 Å². The van der Waals surface area contributed by atoms with Crippen molar-refractivity contribution in [1.29, 1.82) is 0 Å². The maximum Gasteiger partial charge on any atom is 0.134 e. The van der Waals surface area contributed by atoms with Crippen LogP contribution in [-0.4, -0.2) is 17.8 Å². The number of hydrogen-bond donors (Lipinski definition) is 1. The average Bonchev–Trinajstić information content (AvgIpc) is 2.24. The number of rotatable bonds is 1. The summed E-state index contributed by atoms with van der Waals surface area (Å²) in [5.74, 6) is 0. The summed E-state index contributed by atoms with van der Waals surface area (Å²) < 4.78 is 5.41. The third-order valence-corrected chi connectivity index (χ3v) is 2.67. The first-order valence-electron chi connectivity index (χ1n) is 4.80. The van der Waals surface area contributed by atoms with Gasteiger partial charge in [-0.2, -0.15) is 0 Å². The molecule has 2 nitrogen and oxygen atoms in total. The number of ether oxygens (including phenoxy) is 1. The van der Waals surface area contributed by atoms with E-state index in [2.05, 4.69) is 0 Å². The fraction of sp³-hybridized carbons (Fsp3) is 0.333. The summed E-state index contributed by atoms with van der Waals surface area (Å²) in [6.45, 7) is 2.47. The minimum Gasteiger partial charge on any atom is -0.378 e. The van der Waals surface area contributed by atoms with Crippen molar-refractivity contribution in [2.45, 2.75) is 18.6 Å². The van der Waals surface area contributed by atoms with Crippen molar-refractivity contribution in [3.05, 3.63) is 48.0 Å². The van der Waals surface area contributed by atoms with Crippen LogP contribution in [0.25, 0.3) is 0 Å². The van der Waals surface area contributed by atoms with E-state index in [0.29, 0.717) is 6.61 Å². The lowest BCUT2D eigenvalue weighted by molar-refractivity contribution is -0.0782. The summed E-state index contributed by atoms with van der Waals surface area (Å²) in [6.07, 6.45) is 3.47. The zero-order chi connectivity index (χ0) is 10.0. The predicted octanol–water partition coefficient (Wildman–Crippen LogP) is 1.85. The van der Waals surface area contributed by atoms with Gasteiger partial charge in [0.2, 0.25) is 0 Å². The first-order chi connectivity index (χ1) is 6.73. The largest absolute Gasteiger partial charge is 0.378 e. The third kappa shape index (κ3) is 1.47. The maximum atomic E-state index is 10.4. The molecule has 1 heterocycles. The summed E-state index contributed by atoms with van der Waals surface area (Å²) in [5, 5.41) is 10.4. The van der Waals surface area contributed by atoms with Gasteiger partial charge in [-0.3, -0.25) is 0 Å². The highest BCUT2D eigenvalue weighted by Crippen LogP contribution is 2.30. The second-order valence-electron chi connectivity index (χ2n) is 3.57. The molecule has 0 saturated carbocycles. The molecule has 1 aliphatic rings. The Hall–Kier alpha value is -1.12. The minimum atomic E-state index is -0.973. The molecule has 2 heteroatoms. The standard InChI is InChI=1S/C12H14O2/c1-10-12(13,8-5-9-14-10)11-6-3-2-4-7-11/h2-8,10,13H,9H2,1H3/t10-,12+/m0/s1. The molecule has 0 aromatic heterocycles. The van der Waals surface area contributed by atoms with E-state index in [-0.39, 0.29) is 6.10 Å². The van der Waals surface area contributed by atoms with Crippen LogP contribution in [0.4, 0.5) is 0 Å². The van der Waals surface area contributed by atoms with Gasteiger partial charge in [-0.05, 0) is 18.6 Å². The first kappa shape index (κ1) is 9.44. The Bertz CT molecular complexity index is 331. The highest BCUT2D eigenvalue weighted by atomic mass is 16.5. The molecule has 1 aromatic rings. The van der Waals surface area contributed by atoms with Crippen LogP contribution >= 0.6 is 0 Å². The Labute approximate surface area is 83.8 Å². The molecule has 0 amide bonds. The number of benzene rings is 1. The normalized spacial score (nSPS) is 31.7. The van der Waals surface area contributed by atoms with Gasteiger partial charge < -0.3 is 9.84 Å². The third-order valence-electron chi connectivity index (χ3n) is 2.67. The van der Waals surface area contributed by atoms with Crippen molar-refractivity contribution in [3.8, 4) is 0 Å². The van der Waals surface area contributed by atoms with Gasteiger partial charge in [0, 0.05) is 0 Å². The van der Waals surface area contributed by atoms with Gasteiger partial charge >= 0.3 is 0 Å². The molecule has 1 aromatic carbocycles. The zero-order valence-corrected chi connectivity index (χ0v) is 8.18. The summed E-state index contributed by atoms with van der Waals surface area (Å²) >= 11 is 0. The highest BCUT2D eigenvalue weighted by molar-refractivity contribution is 5.29. The molecule has 0 saturated heterocycles. The quantitative estimate of drug-likeness (QED) is 0.685. The zero-order valence-electron chi connectivity index (χ0n) is 8.18. The average molecular weight is 190 g/mol. The molecule has 0 spiro atoms. The van der Waals surface area contributed by atoms with E-state index in [1.807, 2.05) is 49.4 Å². The van der Waals surface area contributed by atoms with Gasteiger partial charge in [0.25, 0.3) is 0 Å². The first-order valence-corrected chi connectivity index (χ1v) is 4.80. The molecule has 0 radical (unpaired) electrons. The van der Waals surface area contributed by atoms with E-state index in [1.165, 1.54) is 0 Å². The van der Waals surface area contributed by atoms with Crippen LogP contribution in [0.15, 0.2) is 42.5 Å². The van der Waals surface area contributed by atoms with Gasteiger partial charge in [-0.1, -0.05) is 36.4 Å². The van der Waals surface area contributed by atoms with E-state index >= 15 is 0 Å². The second kappa shape index (κ2) is 3.56. The molecule has 2 atom stereocenters. The topological polar surface area (TPSA) is 29.5 Å². The number of aliphatic hydroxyl groups is 1. The summed E-state index contributed by atoms with van der Waals surface area (Å²) in [4.78, 5) is 0. The molecule has 0 bridgehead atoms. The van der Waals surface area contributed by atoms with Crippen molar-refractivity contribution in [2.75, 3.05) is 6.61 Å². The predicted molar refractivity (Wildman–Crippen MR) is 54.9 cm³/mol. The van der Waals surface area contributed by atoms with E-state index in [1.54, 1.807) is 0 Å². The molecule has 0 unspecified atom stereocenters. The Kier molecular flexibility index (Phi) is 2.40. The highest BCUT2D eigenvalue weighted by Gasteiger charge is 2.35. The molecular weight excluding hydrogens is 176 g/mol. The lowest BCUT2D eigenvalue weighted by Gasteiger charge is -2.34. The second-order valence-corrected chi connectivity index (χ2v) is 3.57. The van der Waals surface area contributed by atoms with Gasteiger partial charge in [-0.25, -0.2) is 0 Å². The van der Waals surface area contributed by atoms with Crippen LogP contribution in [0.1, 0.15) is 12.5 Å². The molecule has 0 fully saturated rings. The van der Waals surface area contributed by atoms with Crippen LogP contribution in [0.5, 0.6) is 0 Å². The molecular formula is C12H14O2. The van der Waals surface area contributed by atoms with E-state index in [9.17, 15) is 5.11 Å². The van der Waals surface area contributed by atoms with Crippen molar-refractivity contribution >= 4 is 0 Å².